The molecule has 0 aliphatic carbocycles. The number of rotatable bonds is 6. The second-order valence-electron chi connectivity index (χ2n) is 7.63. The molecule has 1 fully saturated rings. The molecule has 0 saturated carbocycles. The molecule has 0 bridgehead atoms. The number of hydrogen-bond acceptors (Lipinski definition) is 4. The molecule has 158 valence electrons. The van der Waals surface area contributed by atoms with Crippen LogP contribution in [0.15, 0.2) is 29.3 Å². The summed E-state index contributed by atoms with van der Waals surface area (Å²) in [6.07, 6.45) is 3.07. The van der Waals surface area contributed by atoms with E-state index in [0.717, 1.165) is 31.8 Å². The first kappa shape index (κ1) is 21.1. The van der Waals surface area contributed by atoms with E-state index in [1.54, 1.807) is 7.05 Å². The first-order valence-corrected chi connectivity index (χ1v) is 10.6. The van der Waals surface area contributed by atoms with Gasteiger partial charge in [0.25, 0.3) is 0 Å². The van der Waals surface area contributed by atoms with E-state index in [4.69, 9.17) is 4.74 Å². The molecule has 2 aliphatic rings. The number of aliphatic imine (C=N–C) groups is 1. The Labute approximate surface area is 173 Å². The lowest BCUT2D eigenvalue weighted by Crippen LogP contribution is -2.48. The van der Waals surface area contributed by atoms with Gasteiger partial charge < -0.3 is 19.9 Å². The van der Waals surface area contributed by atoms with Crippen LogP contribution < -0.4 is 5.32 Å². The van der Waals surface area contributed by atoms with Crippen LogP contribution >= 0.6 is 0 Å². The maximum absolute atomic E-state index is 12.5. The zero-order valence-electron chi connectivity index (χ0n) is 17.5. The van der Waals surface area contributed by atoms with Crippen molar-refractivity contribution < 1.29 is 14.3 Å². The van der Waals surface area contributed by atoms with Crippen LogP contribution in [0.5, 0.6) is 0 Å². The number of ether oxygens (including phenoxy) is 1. The van der Waals surface area contributed by atoms with Crippen LogP contribution in [-0.4, -0.2) is 60.9 Å². The second kappa shape index (κ2) is 10.3. The largest absolute Gasteiger partial charge is 0.466 e. The van der Waals surface area contributed by atoms with E-state index in [9.17, 15) is 9.59 Å². The molecule has 0 aromatic heterocycles. The number of amides is 1. The Morgan fingerprint density at radius 1 is 1.21 bits per heavy atom. The highest BCUT2D eigenvalue weighted by Crippen LogP contribution is 2.23. The molecule has 0 radical (unpaired) electrons. The third kappa shape index (κ3) is 5.49. The number of carbonyl (C=O) groups is 2. The van der Waals surface area contributed by atoms with Gasteiger partial charge >= 0.3 is 5.97 Å². The van der Waals surface area contributed by atoms with Gasteiger partial charge in [0.1, 0.15) is 0 Å². The Hall–Kier alpha value is -2.57. The number of fused-ring (bicyclic) bond motifs is 1. The van der Waals surface area contributed by atoms with Crippen molar-refractivity contribution in [2.45, 2.75) is 45.7 Å². The summed E-state index contributed by atoms with van der Waals surface area (Å²) < 4.78 is 5.17. The second-order valence-corrected chi connectivity index (χ2v) is 7.63. The summed E-state index contributed by atoms with van der Waals surface area (Å²) >= 11 is 0. The minimum atomic E-state index is -0.121. The summed E-state index contributed by atoms with van der Waals surface area (Å²) in [7, 11) is 1.75. The molecule has 1 amide bonds. The molecule has 7 heteroatoms. The number of benzene rings is 1. The number of hydrogen-bond donors (Lipinski definition) is 1. The van der Waals surface area contributed by atoms with Gasteiger partial charge in [0.05, 0.1) is 12.5 Å². The lowest BCUT2D eigenvalue weighted by atomic mass is 9.98. The van der Waals surface area contributed by atoms with E-state index in [1.807, 2.05) is 24.0 Å². The summed E-state index contributed by atoms with van der Waals surface area (Å²) in [6, 6.07) is 8.23. The SMILES string of the molecule is CCOC(=O)C1CCCN(C(=NC)NCCCC(=O)N2Cc3ccccc3C2)C1. The Bertz CT molecular complexity index is 724. The van der Waals surface area contributed by atoms with Gasteiger partial charge in [-0.2, -0.15) is 0 Å². The van der Waals surface area contributed by atoms with E-state index in [-0.39, 0.29) is 17.8 Å². The molecule has 1 atom stereocenters. The highest BCUT2D eigenvalue weighted by atomic mass is 16.5. The van der Waals surface area contributed by atoms with E-state index in [0.29, 0.717) is 39.2 Å². The van der Waals surface area contributed by atoms with Gasteiger partial charge in [-0.15, -0.1) is 0 Å². The smallest absolute Gasteiger partial charge is 0.310 e. The third-order valence-corrected chi connectivity index (χ3v) is 5.60. The molecule has 3 rings (SSSR count). The van der Waals surface area contributed by atoms with Crippen LogP contribution in [0.2, 0.25) is 0 Å². The summed E-state index contributed by atoms with van der Waals surface area (Å²) in [5, 5.41) is 3.35. The number of carbonyl (C=O) groups excluding carboxylic acids is 2. The maximum Gasteiger partial charge on any atom is 0.310 e. The van der Waals surface area contributed by atoms with Gasteiger partial charge in [-0.1, -0.05) is 24.3 Å². The molecule has 1 aromatic carbocycles. The fourth-order valence-corrected chi connectivity index (χ4v) is 4.06. The molecule has 29 heavy (non-hydrogen) atoms. The zero-order chi connectivity index (χ0) is 20.6. The minimum absolute atomic E-state index is 0.0966. The summed E-state index contributed by atoms with van der Waals surface area (Å²) in [5.74, 6) is 0.767. The average molecular weight is 401 g/mol. The fraction of sp³-hybridized carbons (Fsp3) is 0.591. The number of nitrogens with zero attached hydrogens (tertiary/aromatic N) is 3. The minimum Gasteiger partial charge on any atom is -0.466 e. The van der Waals surface area contributed by atoms with Crippen molar-refractivity contribution in [2.24, 2.45) is 10.9 Å². The van der Waals surface area contributed by atoms with E-state index >= 15 is 0 Å². The molecule has 1 saturated heterocycles. The third-order valence-electron chi connectivity index (χ3n) is 5.60. The lowest BCUT2D eigenvalue weighted by Gasteiger charge is -2.34. The van der Waals surface area contributed by atoms with Gasteiger partial charge in [-0.05, 0) is 37.3 Å². The van der Waals surface area contributed by atoms with Crippen LogP contribution in [-0.2, 0) is 27.4 Å². The molecule has 1 unspecified atom stereocenters. The van der Waals surface area contributed by atoms with E-state index < -0.39 is 0 Å². The van der Waals surface area contributed by atoms with Crippen LogP contribution in [0.4, 0.5) is 0 Å². The van der Waals surface area contributed by atoms with E-state index in [2.05, 4.69) is 27.3 Å². The topological polar surface area (TPSA) is 74.2 Å². The average Bonchev–Trinajstić information content (AvgIpc) is 3.18. The van der Waals surface area contributed by atoms with Crippen molar-refractivity contribution in [3.05, 3.63) is 35.4 Å². The summed E-state index contributed by atoms with van der Waals surface area (Å²) in [6.45, 7) is 5.86. The van der Waals surface area contributed by atoms with Gasteiger partial charge in [0.15, 0.2) is 5.96 Å². The predicted octanol–water partition coefficient (Wildman–Crippen LogP) is 2.16. The molecule has 2 heterocycles. The zero-order valence-corrected chi connectivity index (χ0v) is 17.5. The van der Waals surface area contributed by atoms with Crippen molar-refractivity contribution in [3.8, 4) is 0 Å². The Kier molecular flexibility index (Phi) is 7.49. The number of guanidine groups is 1. The maximum atomic E-state index is 12.5. The normalized spacial score (nSPS) is 19.1. The molecule has 1 N–H and O–H groups in total. The van der Waals surface area contributed by atoms with Crippen LogP contribution in [0.3, 0.4) is 0 Å². The van der Waals surface area contributed by atoms with Crippen LogP contribution in [0, 0.1) is 5.92 Å². The van der Waals surface area contributed by atoms with Crippen molar-refractivity contribution in [3.63, 3.8) is 0 Å². The van der Waals surface area contributed by atoms with Crippen LogP contribution in [0.25, 0.3) is 0 Å². The Morgan fingerprint density at radius 3 is 2.59 bits per heavy atom. The Balaban J connectivity index is 1.40. The highest BCUT2D eigenvalue weighted by molar-refractivity contribution is 5.81. The van der Waals surface area contributed by atoms with Crippen molar-refractivity contribution >= 4 is 17.8 Å². The van der Waals surface area contributed by atoms with Crippen molar-refractivity contribution in [1.29, 1.82) is 0 Å². The lowest BCUT2D eigenvalue weighted by molar-refractivity contribution is -0.149. The molecule has 0 spiro atoms. The van der Waals surface area contributed by atoms with Crippen LogP contribution in [0.1, 0.15) is 43.7 Å². The van der Waals surface area contributed by atoms with Gasteiger partial charge in [0.2, 0.25) is 5.91 Å². The molecule has 7 nitrogen and oxygen atoms in total. The molecule has 1 aromatic rings. The first-order valence-electron chi connectivity index (χ1n) is 10.6. The highest BCUT2D eigenvalue weighted by Gasteiger charge is 2.28. The number of esters is 1. The van der Waals surface area contributed by atoms with Crippen molar-refractivity contribution in [2.75, 3.05) is 33.3 Å². The first-order chi connectivity index (χ1) is 14.1. The number of likely N-dealkylation sites (tertiary alicyclic amines) is 1. The molecular weight excluding hydrogens is 368 g/mol. The quantitative estimate of drug-likeness (QED) is 0.343. The van der Waals surface area contributed by atoms with Gasteiger partial charge in [0, 0.05) is 46.2 Å². The van der Waals surface area contributed by atoms with Gasteiger partial charge in [-0.25, -0.2) is 0 Å². The number of nitrogens with one attached hydrogen (secondary N) is 1. The molecular formula is C22H32N4O3. The summed E-state index contributed by atoms with van der Waals surface area (Å²) in [4.78, 5) is 33.0. The van der Waals surface area contributed by atoms with Crippen molar-refractivity contribution in [1.82, 2.24) is 15.1 Å². The Morgan fingerprint density at radius 2 is 1.93 bits per heavy atom. The monoisotopic (exact) mass is 400 g/mol. The summed E-state index contributed by atoms with van der Waals surface area (Å²) in [5.41, 5.74) is 2.50. The van der Waals surface area contributed by atoms with Gasteiger partial charge in [-0.3, -0.25) is 14.6 Å². The fourth-order valence-electron chi connectivity index (χ4n) is 4.06. The standard InChI is InChI=1S/C22H32N4O3/c1-3-29-21(28)19-10-7-13-25(16-19)22(23-2)24-12-6-11-20(27)26-14-17-8-4-5-9-18(17)15-26/h4-5,8-9,19H,3,6-7,10-16H2,1-2H3,(H,23,24). The van der Waals surface area contributed by atoms with E-state index in [1.165, 1.54) is 11.1 Å². The predicted molar refractivity (Wildman–Crippen MR) is 112 cm³/mol. The number of piperidine rings is 1. The molecule has 2 aliphatic heterocycles.